The Labute approximate surface area is 106 Å². The van der Waals surface area contributed by atoms with E-state index in [9.17, 15) is 4.79 Å². The molecule has 0 atom stereocenters. The minimum Gasteiger partial charge on any atom is -0.444 e. The van der Waals surface area contributed by atoms with Crippen molar-refractivity contribution >= 4 is 27.9 Å². The van der Waals surface area contributed by atoms with E-state index in [-0.39, 0.29) is 12.5 Å². The summed E-state index contributed by atoms with van der Waals surface area (Å²) in [4.78, 5) is 11.4. The van der Waals surface area contributed by atoms with Gasteiger partial charge < -0.3 is 9.26 Å². The van der Waals surface area contributed by atoms with Crippen molar-refractivity contribution in [3.63, 3.8) is 0 Å². The molecule has 0 fully saturated rings. The van der Waals surface area contributed by atoms with E-state index in [1.165, 1.54) is 6.20 Å². The maximum absolute atomic E-state index is 11.4. The number of carbonyl (C=O) groups is 1. The lowest BCUT2D eigenvalue weighted by Crippen LogP contribution is -2.13. The van der Waals surface area contributed by atoms with E-state index in [0.717, 1.165) is 5.56 Å². The summed E-state index contributed by atoms with van der Waals surface area (Å²) < 4.78 is 10.3. The molecule has 17 heavy (non-hydrogen) atoms. The normalized spacial score (nSPS) is 9.94. The summed E-state index contributed by atoms with van der Waals surface area (Å²) in [5.74, 6) is 0.225. The number of hydrogen-bond acceptors (Lipinski definition) is 4. The monoisotopic (exact) mass is 296 g/mol. The van der Waals surface area contributed by atoms with Crippen LogP contribution in [-0.2, 0) is 11.3 Å². The number of ether oxygens (including phenoxy) is 1. The van der Waals surface area contributed by atoms with Crippen LogP contribution in [0.3, 0.4) is 0 Å². The second-order valence-corrected chi connectivity index (χ2v) is 4.04. The van der Waals surface area contributed by atoms with Crippen molar-refractivity contribution in [2.24, 2.45) is 0 Å². The van der Waals surface area contributed by atoms with Crippen LogP contribution in [0.5, 0.6) is 0 Å². The standard InChI is InChI=1S/C11H9BrN2O3/c12-9-6-13-17-10(9)14-11(15)16-7-8-4-2-1-3-5-8/h1-6H,7H2,(H,14,15). The zero-order chi connectivity index (χ0) is 12.1. The lowest BCUT2D eigenvalue weighted by molar-refractivity contribution is 0.154. The Hall–Kier alpha value is -1.82. The molecule has 1 N–H and O–H groups in total. The van der Waals surface area contributed by atoms with Crippen LogP contribution >= 0.6 is 15.9 Å². The molecule has 1 aromatic heterocycles. The second-order valence-electron chi connectivity index (χ2n) is 3.19. The predicted octanol–water partition coefficient (Wildman–Crippen LogP) is 3.19. The van der Waals surface area contributed by atoms with E-state index in [2.05, 4.69) is 26.4 Å². The largest absolute Gasteiger partial charge is 0.444 e. The molecule has 0 aliphatic carbocycles. The van der Waals surface area contributed by atoms with Gasteiger partial charge in [0.25, 0.3) is 0 Å². The highest BCUT2D eigenvalue weighted by atomic mass is 79.9. The van der Waals surface area contributed by atoms with Crippen LogP contribution in [0, 0.1) is 0 Å². The molecule has 0 spiro atoms. The summed E-state index contributed by atoms with van der Waals surface area (Å²) in [6, 6.07) is 9.40. The van der Waals surface area contributed by atoms with Crippen molar-refractivity contribution in [3.05, 3.63) is 46.6 Å². The number of benzene rings is 1. The third-order valence-electron chi connectivity index (χ3n) is 1.96. The molecule has 6 heteroatoms. The highest BCUT2D eigenvalue weighted by molar-refractivity contribution is 9.10. The summed E-state index contributed by atoms with van der Waals surface area (Å²) in [6.45, 7) is 0.207. The maximum Gasteiger partial charge on any atom is 0.414 e. The number of amides is 1. The molecule has 0 saturated carbocycles. The molecule has 0 bridgehead atoms. The van der Waals surface area contributed by atoms with E-state index >= 15 is 0 Å². The lowest BCUT2D eigenvalue weighted by atomic mass is 10.2. The summed E-state index contributed by atoms with van der Waals surface area (Å²) in [5.41, 5.74) is 0.916. The Kier molecular flexibility index (Phi) is 3.77. The van der Waals surface area contributed by atoms with Gasteiger partial charge in [-0.25, -0.2) is 4.79 Å². The Morgan fingerprint density at radius 1 is 1.41 bits per heavy atom. The van der Waals surface area contributed by atoms with Gasteiger partial charge in [-0.15, -0.1) is 0 Å². The molecule has 5 nitrogen and oxygen atoms in total. The molecule has 1 amide bonds. The predicted molar refractivity (Wildman–Crippen MR) is 64.5 cm³/mol. The number of nitrogens with one attached hydrogen (secondary N) is 1. The van der Waals surface area contributed by atoms with Crippen LogP contribution in [0.25, 0.3) is 0 Å². The number of nitrogens with zero attached hydrogens (tertiary/aromatic N) is 1. The first-order valence-corrected chi connectivity index (χ1v) is 5.63. The average Bonchev–Trinajstić information content (AvgIpc) is 2.74. The van der Waals surface area contributed by atoms with Crippen molar-refractivity contribution in [2.75, 3.05) is 5.32 Å². The second kappa shape index (κ2) is 5.49. The Bertz CT molecular complexity index is 498. The Morgan fingerprint density at radius 3 is 2.82 bits per heavy atom. The molecular formula is C11H9BrN2O3. The van der Waals surface area contributed by atoms with Gasteiger partial charge in [0, 0.05) is 0 Å². The topological polar surface area (TPSA) is 64.4 Å². The maximum atomic E-state index is 11.4. The van der Waals surface area contributed by atoms with Crippen LogP contribution in [0.1, 0.15) is 5.56 Å². The number of rotatable bonds is 3. The van der Waals surface area contributed by atoms with E-state index in [1.54, 1.807) is 0 Å². The van der Waals surface area contributed by atoms with Gasteiger partial charge in [0.2, 0.25) is 5.88 Å². The van der Waals surface area contributed by atoms with E-state index < -0.39 is 6.09 Å². The molecule has 1 heterocycles. The highest BCUT2D eigenvalue weighted by Crippen LogP contribution is 2.20. The number of carbonyl (C=O) groups excluding carboxylic acids is 1. The van der Waals surface area contributed by atoms with E-state index in [0.29, 0.717) is 4.47 Å². The van der Waals surface area contributed by atoms with Crippen LogP contribution in [0.4, 0.5) is 10.7 Å². The van der Waals surface area contributed by atoms with Gasteiger partial charge in [0.1, 0.15) is 11.1 Å². The first kappa shape index (κ1) is 11.7. The zero-order valence-corrected chi connectivity index (χ0v) is 10.3. The molecule has 0 unspecified atom stereocenters. The molecule has 88 valence electrons. The SMILES string of the molecule is O=C(Nc1oncc1Br)OCc1ccccc1. The molecule has 2 rings (SSSR count). The van der Waals surface area contributed by atoms with Crippen molar-refractivity contribution in [2.45, 2.75) is 6.61 Å². The first-order valence-electron chi connectivity index (χ1n) is 4.83. The van der Waals surface area contributed by atoms with Crippen LogP contribution in [0.2, 0.25) is 0 Å². The quantitative estimate of drug-likeness (QED) is 0.945. The van der Waals surface area contributed by atoms with Crippen LogP contribution in [-0.4, -0.2) is 11.2 Å². The van der Waals surface area contributed by atoms with Crippen LogP contribution < -0.4 is 5.32 Å². The van der Waals surface area contributed by atoms with Gasteiger partial charge in [-0.2, -0.15) is 0 Å². The van der Waals surface area contributed by atoms with Gasteiger partial charge in [-0.1, -0.05) is 35.5 Å². The molecule has 2 aromatic rings. The van der Waals surface area contributed by atoms with Gasteiger partial charge in [-0.3, -0.25) is 5.32 Å². The summed E-state index contributed by atoms with van der Waals surface area (Å²) in [7, 11) is 0. The summed E-state index contributed by atoms with van der Waals surface area (Å²) in [5, 5.41) is 5.92. The molecule has 0 radical (unpaired) electrons. The third-order valence-corrected chi connectivity index (χ3v) is 2.52. The molecular weight excluding hydrogens is 288 g/mol. The highest BCUT2D eigenvalue weighted by Gasteiger charge is 2.10. The first-order chi connectivity index (χ1) is 8.25. The fourth-order valence-corrected chi connectivity index (χ4v) is 1.42. The third kappa shape index (κ3) is 3.32. The van der Waals surface area contributed by atoms with Gasteiger partial charge in [0.15, 0.2) is 0 Å². The summed E-state index contributed by atoms with van der Waals surface area (Å²) in [6.07, 6.45) is 0.846. The molecule has 0 saturated heterocycles. The minimum absolute atomic E-state index is 0.207. The summed E-state index contributed by atoms with van der Waals surface area (Å²) >= 11 is 3.16. The van der Waals surface area contributed by atoms with Gasteiger partial charge in [-0.05, 0) is 21.5 Å². The Balaban J connectivity index is 1.85. The van der Waals surface area contributed by atoms with Crippen molar-refractivity contribution in [1.29, 1.82) is 0 Å². The zero-order valence-electron chi connectivity index (χ0n) is 8.72. The minimum atomic E-state index is -0.591. The average molecular weight is 297 g/mol. The van der Waals surface area contributed by atoms with Crippen LogP contribution in [0.15, 0.2) is 45.5 Å². The van der Waals surface area contributed by atoms with Crippen molar-refractivity contribution in [1.82, 2.24) is 5.16 Å². The lowest BCUT2D eigenvalue weighted by Gasteiger charge is -2.04. The number of halogens is 1. The fraction of sp³-hybridized carbons (Fsp3) is 0.0909. The number of hydrogen-bond donors (Lipinski definition) is 1. The molecule has 0 aliphatic rings. The van der Waals surface area contributed by atoms with E-state index in [1.807, 2.05) is 30.3 Å². The number of aromatic nitrogens is 1. The van der Waals surface area contributed by atoms with Gasteiger partial charge in [0.05, 0.1) is 6.20 Å². The molecule has 0 aliphatic heterocycles. The van der Waals surface area contributed by atoms with Gasteiger partial charge >= 0.3 is 6.09 Å². The fourth-order valence-electron chi connectivity index (χ4n) is 1.16. The number of anilines is 1. The smallest absolute Gasteiger partial charge is 0.414 e. The van der Waals surface area contributed by atoms with Crippen molar-refractivity contribution in [3.8, 4) is 0 Å². The molecule has 1 aromatic carbocycles. The van der Waals surface area contributed by atoms with E-state index in [4.69, 9.17) is 9.26 Å². The Morgan fingerprint density at radius 2 is 2.18 bits per heavy atom. The van der Waals surface area contributed by atoms with Crippen molar-refractivity contribution < 1.29 is 14.1 Å².